The number of hydrogen-bond donors (Lipinski definition) is 3. The quantitative estimate of drug-likeness (QED) is 0.353. The van der Waals surface area contributed by atoms with Gasteiger partial charge in [-0.25, -0.2) is 13.2 Å². The number of carbonyl (C=O) groups excluding carboxylic acids is 1. The van der Waals surface area contributed by atoms with Gasteiger partial charge < -0.3 is 15.2 Å². The van der Waals surface area contributed by atoms with Gasteiger partial charge in [-0.15, -0.1) is 0 Å². The first-order chi connectivity index (χ1) is 17.3. The van der Waals surface area contributed by atoms with Crippen molar-refractivity contribution in [3.63, 3.8) is 0 Å². The largest absolute Gasteiger partial charge is 0.480 e. The number of amides is 1. The van der Waals surface area contributed by atoms with Gasteiger partial charge >= 0.3 is 5.97 Å². The first-order valence-electron chi connectivity index (χ1n) is 11.4. The molecule has 0 saturated carbocycles. The van der Waals surface area contributed by atoms with Crippen molar-refractivity contribution in [1.29, 1.82) is 0 Å². The Kier molecular flexibility index (Phi) is 8.63. The fourth-order valence-corrected chi connectivity index (χ4v) is 5.66. The van der Waals surface area contributed by atoms with Gasteiger partial charge in [0.1, 0.15) is 0 Å². The number of ether oxygens (including phenoxy) is 1. The molecule has 0 aliphatic heterocycles. The second-order valence-electron chi connectivity index (χ2n) is 8.86. The molecule has 0 aliphatic rings. The number of aliphatic carboxylic acids is 1. The van der Waals surface area contributed by atoms with Crippen LogP contribution in [0.1, 0.15) is 32.6 Å². The molecule has 3 aromatic rings. The topological polar surface area (TPSA) is 122 Å². The normalized spacial score (nSPS) is 12.2. The summed E-state index contributed by atoms with van der Waals surface area (Å²) in [6.45, 7) is 6.80. The smallest absolute Gasteiger partial charge is 0.328 e. The van der Waals surface area contributed by atoms with E-state index in [4.69, 9.17) is 16.3 Å². The highest BCUT2D eigenvalue weighted by Gasteiger charge is 2.23. The van der Waals surface area contributed by atoms with E-state index in [-0.39, 0.29) is 11.5 Å². The highest BCUT2D eigenvalue weighted by molar-refractivity contribution is 7.92. The highest BCUT2D eigenvalue weighted by Crippen LogP contribution is 2.30. The Morgan fingerprint density at radius 3 is 2.19 bits per heavy atom. The Hall–Kier alpha value is -3.40. The SMILES string of the molecule is COC[C@H](NC(=O)c1c(C)cc(-c2cccc(NS(=O)(=O)c3cc(C)c(Cl)cc3C)c2)cc1C)C(=O)O. The minimum Gasteiger partial charge on any atom is -0.480 e. The molecule has 3 rings (SSSR count). The summed E-state index contributed by atoms with van der Waals surface area (Å²) in [7, 11) is -2.50. The van der Waals surface area contributed by atoms with Crippen LogP contribution in [0, 0.1) is 27.7 Å². The molecule has 0 radical (unpaired) electrons. The van der Waals surface area contributed by atoms with Gasteiger partial charge in [-0.05, 0) is 85.3 Å². The van der Waals surface area contributed by atoms with Crippen LogP contribution in [0.25, 0.3) is 11.1 Å². The molecule has 0 spiro atoms. The summed E-state index contributed by atoms with van der Waals surface area (Å²) in [4.78, 5) is 24.4. The lowest BCUT2D eigenvalue weighted by molar-refractivity contribution is -0.140. The van der Waals surface area contributed by atoms with E-state index >= 15 is 0 Å². The number of aryl methyl sites for hydroxylation is 4. The number of rotatable bonds is 9. The number of carboxylic acid groups (broad SMARTS) is 1. The lowest BCUT2D eigenvalue weighted by Gasteiger charge is -2.17. The molecule has 196 valence electrons. The van der Waals surface area contributed by atoms with E-state index in [1.54, 1.807) is 70.2 Å². The minimum absolute atomic E-state index is 0.148. The second kappa shape index (κ2) is 11.3. The molecular formula is C27H29ClN2O6S. The van der Waals surface area contributed by atoms with Crippen LogP contribution in [0.15, 0.2) is 53.4 Å². The van der Waals surface area contributed by atoms with Crippen LogP contribution in [0.2, 0.25) is 5.02 Å². The Balaban J connectivity index is 1.90. The molecule has 3 aromatic carbocycles. The zero-order valence-electron chi connectivity index (χ0n) is 21.2. The van der Waals surface area contributed by atoms with Gasteiger partial charge in [0.25, 0.3) is 15.9 Å². The lowest BCUT2D eigenvalue weighted by atomic mass is 9.95. The van der Waals surface area contributed by atoms with Crippen molar-refractivity contribution in [2.75, 3.05) is 18.4 Å². The molecule has 10 heteroatoms. The molecule has 0 aliphatic carbocycles. The summed E-state index contributed by atoms with van der Waals surface area (Å²) < 4.78 is 33.7. The van der Waals surface area contributed by atoms with Crippen LogP contribution in [0.5, 0.6) is 0 Å². The lowest BCUT2D eigenvalue weighted by Crippen LogP contribution is -2.44. The Morgan fingerprint density at radius 1 is 0.946 bits per heavy atom. The molecule has 0 heterocycles. The number of benzene rings is 3. The third-order valence-electron chi connectivity index (χ3n) is 5.89. The Bertz CT molecular complexity index is 1450. The molecular weight excluding hydrogens is 516 g/mol. The van der Waals surface area contributed by atoms with Crippen LogP contribution in [0.4, 0.5) is 5.69 Å². The summed E-state index contributed by atoms with van der Waals surface area (Å²) in [5, 5.41) is 12.3. The fraction of sp³-hybridized carbons (Fsp3) is 0.259. The van der Waals surface area contributed by atoms with Crippen LogP contribution in [0.3, 0.4) is 0 Å². The molecule has 0 aromatic heterocycles. The van der Waals surface area contributed by atoms with E-state index in [1.165, 1.54) is 7.11 Å². The zero-order valence-corrected chi connectivity index (χ0v) is 22.8. The van der Waals surface area contributed by atoms with Crippen LogP contribution >= 0.6 is 11.6 Å². The van der Waals surface area contributed by atoms with Gasteiger partial charge in [0.05, 0.1) is 11.5 Å². The molecule has 0 bridgehead atoms. The zero-order chi connectivity index (χ0) is 27.5. The highest BCUT2D eigenvalue weighted by atomic mass is 35.5. The maximum Gasteiger partial charge on any atom is 0.328 e. The van der Waals surface area contributed by atoms with Crippen LogP contribution < -0.4 is 10.0 Å². The summed E-state index contributed by atoms with van der Waals surface area (Å²) in [6.07, 6.45) is 0. The van der Waals surface area contributed by atoms with E-state index in [0.717, 1.165) is 11.1 Å². The van der Waals surface area contributed by atoms with E-state index in [2.05, 4.69) is 10.0 Å². The van der Waals surface area contributed by atoms with E-state index in [1.807, 2.05) is 6.07 Å². The number of hydrogen-bond acceptors (Lipinski definition) is 5. The minimum atomic E-state index is -3.86. The van der Waals surface area contributed by atoms with E-state index in [0.29, 0.717) is 38.5 Å². The number of halogens is 1. The number of sulfonamides is 1. The second-order valence-corrected chi connectivity index (χ2v) is 10.9. The van der Waals surface area contributed by atoms with Crippen molar-refractivity contribution in [3.05, 3.63) is 81.4 Å². The summed E-state index contributed by atoms with van der Waals surface area (Å²) in [5.41, 5.74) is 4.76. The molecule has 0 saturated heterocycles. The first-order valence-corrected chi connectivity index (χ1v) is 13.2. The monoisotopic (exact) mass is 544 g/mol. The molecule has 0 unspecified atom stereocenters. The van der Waals surface area contributed by atoms with Gasteiger partial charge in [0.15, 0.2) is 6.04 Å². The van der Waals surface area contributed by atoms with Gasteiger partial charge in [-0.2, -0.15) is 0 Å². The average Bonchev–Trinajstić information content (AvgIpc) is 2.80. The van der Waals surface area contributed by atoms with Crippen molar-refractivity contribution in [2.45, 2.75) is 38.6 Å². The first kappa shape index (κ1) is 28.2. The fourth-order valence-electron chi connectivity index (χ4n) is 4.08. The third-order valence-corrected chi connectivity index (χ3v) is 7.82. The maximum absolute atomic E-state index is 13.1. The molecule has 1 atom stereocenters. The summed E-state index contributed by atoms with van der Waals surface area (Å²) in [5.74, 6) is -1.70. The van der Waals surface area contributed by atoms with Crippen LogP contribution in [-0.4, -0.2) is 45.2 Å². The summed E-state index contributed by atoms with van der Waals surface area (Å²) >= 11 is 6.12. The van der Waals surface area contributed by atoms with Crippen molar-refractivity contribution in [3.8, 4) is 11.1 Å². The molecule has 8 nitrogen and oxygen atoms in total. The third kappa shape index (κ3) is 6.49. The summed E-state index contributed by atoms with van der Waals surface area (Å²) in [6, 6.07) is 12.5. The standard InChI is InChI=1S/C27H29ClN2O6S/c1-15-12-24(16(2)11-22(15)28)37(34,35)30-21-8-6-7-19(13-21)20-9-17(3)25(18(4)10-20)26(31)29-23(14-36-5)27(32)33/h6-13,23,30H,14H2,1-5H3,(H,29,31)(H,32,33)/t23-/m0/s1. The molecule has 3 N–H and O–H groups in total. The Morgan fingerprint density at radius 2 is 1.59 bits per heavy atom. The number of carbonyl (C=O) groups is 2. The van der Waals surface area contributed by atoms with Crippen molar-refractivity contribution in [1.82, 2.24) is 5.32 Å². The van der Waals surface area contributed by atoms with E-state index < -0.39 is 27.9 Å². The molecule has 0 fully saturated rings. The van der Waals surface area contributed by atoms with Crippen molar-refractivity contribution in [2.24, 2.45) is 0 Å². The Labute approximate surface area is 221 Å². The number of anilines is 1. The average molecular weight is 545 g/mol. The molecule has 37 heavy (non-hydrogen) atoms. The maximum atomic E-state index is 13.1. The van der Waals surface area contributed by atoms with Gasteiger partial charge in [0, 0.05) is 23.4 Å². The van der Waals surface area contributed by atoms with Gasteiger partial charge in [-0.1, -0.05) is 35.9 Å². The van der Waals surface area contributed by atoms with Crippen molar-refractivity contribution >= 4 is 39.2 Å². The number of nitrogens with one attached hydrogen (secondary N) is 2. The molecule has 1 amide bonds. The van der Waals surface area contributed by atoms with Crippen LogP contribution in [-0.2, 0) is 19.6 Å². The number of carboxylic acids is 1. The predicted octanol–water partition coefficient (Wildman–Crippen LogP) is 4.87. The van der Waals surface area contributed by atoms with Gasteiger partial charge in [-0.3, -0.25) is 9.52 Å². The number of methoxy groups -OCH3 is 1. The van der Waals surface area contributed by atoms with Crippen molar-refractivity contribution < 1.29 is 27.9 Å². The predicted molar refractivity (Wildman–Crippen MR) is 144 cm³/mol. The van der Waals surface area contributed by atoms with E-state index in [9.17, 15) is 23.1 Å². The van der Waals surface area contributed by atoms with Gasteiger partial charge in [0.2, 0.25) is 0 Å².